The van der Waals surface area contributed by atoms with Crippen LogP contribution in [0.25, 0.3) is 10.9 Å². The first kappa shape index (κ1) is 20.5. The molecule has 0 bridgehead atoms. The normalized spacial score (nSPS) is 10.9. The molecule has 2 amide bonds. The second kappa shape index (κ2) is 8.52. The second-order valence-electron chi connectivity index (χ2n) is 7.67. The fraction of sp³-hybridized carbons (Fsp3) is 0.200. The number of rotatable bonds is 6. The Balaban J connectivity index is 1.64. The average molecular weight is 415 g/mol. The van der Waals surface area contributed by atoms with Gasteiger partial charge in [0.15, 0.2) is 0 Å². The number of furan rings is 1. The van der Waals surface area contributed by atoms with Crippen molar-refractivity contribution in [2.75, 3.05) is 7.05 Å². The first-order valence-corrected chi connectivity index (χ1v) is 10.2. The summed E-state index contributed by atoms with van der Waals surface area (Å²) >= 11 is 0. The summed E-state index contributed by atoms with van der Waals surface area (Å²) in [5.41, 5.74) is 5.34. The number of carbonyl (C=O) groups is 2. The molecule has 0 aliphatic rings. The Morgan fingerprint density at radius 3 is 2.48 bits per heavy atom. The van der Waals surface area contributed by atoms with E-state index in [0.717, 1.165) is 22.0 Å². The van der Waals surface area contributed by atoms with Crippen LogP contribution in [-0.2, 0) is 13.1 Å². The maximum Gasteiger partial charge on any atom is 0.271 e. The highest BCUT2D eigenvalue weighted by molar-refractivity contribution is 5.99. The molecule has 4 aromatic rings. The van der Waals surface area contributed by atoms with Crippen LogP contribution in [0.5, 0.6) is 0 Å². The van der Waals surface area contributed by atoms with E-state index >= 15 is 0 Å². The van der Waals surface area contributed by atoms with Crippen LogP contribution in [-0.4, -0.2) is 28.7 Å². The van der Waals surface area contributed by atoms with Crippen molar-refractivity contribution < 1.29 is 14.0 Å². The third-order valence-electron chi connectivity index (χ3n) is 5.60. The molecule has 2 N–H and O–H groups in total. The van der Waals surface area contributed by atoms with Gasteiger partial charge in [0.1, 0.15) is 11.5 Å². The molecule has 158 valence electrons. The molecule has 0 unspecified atom stereocenters. The van der Waals surface area contributed by atoms with Crippen molar-refractivity contribution >= 4 is 22.7 Å². The van der Waals surface area contributed by atoms with Crippen LogP contribution >= 0.6 is 0 Å². The number of nitrogens with zero attached hydrogens (tertiary/aromatic N) is 1. The number of H-pyrrole nitrogens is 1. The predicted molar refractivity (Wildman–Crippen MR) is 120 cm³/mol. The molecular formula is C25H25N3O3. The van der Waals surface area contributed by atoms with Gasteiger partial charge in [0, 0.05) is 30.1 Å². The van der Waals surface area contributed by atoms with Crippen LogP contribution < -0.4 is 5.32 Å². The maximum atomic E-state index is 13.5. The molecule has 2 aromatic carbocycles. The quantitative estimate of drug-likeness (QED) is 0.484. The lowest BCUT2D eigenvalue weighted by Gasteiger charge is -2.21. The summed E-state index contributed by atoms with van der Waals surface area (Å²) in [6.45, 7) is 4.86. The number of benzene rings is 2. The Bertz CT molecular complexity index is 1220. The predicted octanol–water partition coefficient (Wildman–Crippen LogP) is 4.58. The lowest BCUT2D eigenvalue weighted by Crippen LogP contribution is -2.30. The van der Waals surface area contributed by atoms with Gasteiger partial charge in [0.25, 0.3) is 11.8 Å². The number of carbonyl (C=O) groups excluding carboxylic acids is 2. The number of fused-ring (bicyclic) bond motifs is 1. The molecule has 0 atom stereocenters. The molecule has 2 heterocycles. The zero-order valence-corrected chi connectivity index (χ0v) is 17.9. The highest BCUT2D eigenvalue weighted by Gasteiger charge is 2.20. The van der Waals surface area contributed by atoms with Gasteiger partial charge >= 0.3 is 0 Å². The van der Waals surface area contributed by atoms with E-state index in [1.54, 1.807) is 30.3 Å². The van der Waals surface area contributed by atoms with Crippen LogP contribution in [0, 0.1) is 13.8 Å². The highest BCUT2D eigenvalue weighted by atomic mass is 16.3. The Morgan fingerprint density at radius 2 is 1.81 bits per heavy atom. The molecule has 0 spiro atoms. The van der Waals surface area contributed by atoms with E-state index < -0.39 is 0 Å². The Morgan fingerprint density at radius 1 is 1.03 bits per heavy atom. The summed E-state index contributed by atoms with van der Waals surface area (Å²) in [4.78, 5) is 30.3. The SMILES string of the molecule is CNC(=O)c1ccc(CN(Cc2ccco2)C(=O)c2cc3c(C)c(C)ccc3[nH]2)cc1. The van der Waals surface area contributed by atoms with Crippen molar-refractivity contribution in [3.63, 3.8) is 0 Å². The van der Waals surface area contributed by atoms with Gasteiger partial charge in [-0.2, -0.15) is 0 Å². The molecule has 0 saturated heterocycles. The lowest BCUT2D eigenvalue weighted by atomic mass is 10.1. The minimum absolute atomic E-state index is 0.111. The monoisotopic (exact) mass is 415 g/mol. The molecule has 0 fully saturated rings. The summed E-state index contributed by atoms with van der Waals surface area (Å²) in [6.07, 6.45) is 1.60. The highest BCUT2D eigenvalue weighted by Crippen LogP contribution is 2.24. The number of aromatic nitrogens is 1. The first-order chi connectivity index (χ1) is 15.0. The lowest BCUT2D eigenvalue weighted by molar-refractivity contribution is 0.0712. The summed E-state index contributed by atoms with van der Waals surface area (Å²) < 4.78 is 5.49. The van der Waals surface area contributed by atoms with Gasteiger partial charge in [-0.3, -0.25) is 9.59 Å². The largest absolute Gasteiger partial charge is 0.467 e. The van der Waals surface area contributed by atoms with E-state index in [1.165, 1.54) is 5.56 Å². The van der Waals surface area contributed by atoms with Gasteiger partial charge in [-0.05, 0) is 66.9 Å². The van der Waals surface area contributed by atoms with E-state index in [1.807, 2.05) is 36.4 Å². The summed E-state index contributed by atoms with van der Waals surface area (Å²) in [7, 11) is 1.60. The van der Waals surface area contributed by atoms with Gasteiger partial charge in [0.05, 0.1) is 12.8 Å². The van der Waals surface area contributed by atoms with Gasteiger partial charge in [-0.25, -0.2) is 0 Å². The standard InChI is InChI=1S/C25H25N3O3/c1-16-6-11-22-21(17(16)2)13-23(27-22)25(30)28(15-20-5-4-12-31-20)14-18-7-9-19(10-8-18)24(29)26-3/h4-13,27H,14-15H2,1-3H3,(H,26,29). The van der Waals surface area contributed by atoms with E-state index in [-0.39, 0.29) is 11.8 Å². The summed E-state index contributed by atoms with van der Waals surface area (Å²) in [5.74, 6) is 0.456. The van der Waals surface area contributed by atoms with Crippen molar-refractivity contribution in [2.45, 2.75) is 26.9 Å². The topological polar surface area (TPSA) is 78.3 Å². The molecule has 31 heavy (non-hydrogen) atoms. The number of hydrogen-bond acceptors (Lipinski definition) is 3. The van der Waals surface area contributed by atoms with Crippen molar-refractivity contribution in [2.24, 2.45) is 0 Å². The molecule has 6 heteroatoms. The summed E-state index contributed by atoms with van der Waals surface area (Å²) in [5, 5.41) is 3.66. The number of aromatic amines is 1. The second-order valence-corrected chi connectivity index (χ2v) is 7.67. The van der Waals surface area contributed by atoms with Crippen LogP contribution in [0.15, 0.2) is 65.3 Å². The Hall–Kier alpha value is -3.80. The first-order valence-electron chi connectivity index (χ1n) is 10.2. The molecule has 0 radical (unpaired) electrons. The van der Waals surface area contributed by atoms with Gasteiger partial charge in [-0.15, -0.1) is 0 Å². The molecular weight excluding hydrogens is 390 g/mol. The minimum atomic E-state index is -0.140. The van der Waals surface area contributed by atoms with E-state index in [9.17, 15) is 9.59 Å². The third kappa shape index (κ3) is 4.23. The van der Waals surface area contributed by atoms with Crippen LogP contribution in [0.1, 0.15) is 43.3 Å². The molecule has 0 aliphatic heterocycles. The number of aryl methyl sites for hydroxylation is 2. The van der Waals surface area contributed by atoms with Crippen molar-refractivity contribution in [3.8, 4) is 0 Å². The van der Waals surface area contributed by atoms with Crippen LogP contribution in [0.3, 0.4) is 0 Å². The van der Waals surface area contributed by atoms with Crippen molar-refractivity contribution in [1.29, 1.82) is 0 Å². The number of amides is 2. The molecule has 6 nitrogen and oxygen atoms in total. The van der Waals surface area contributed by atoms with Crippen LogP contribution in [0.2, 0.25) is 0 Å². The number of nitrogens with one attached hydrogen (secondary N) is 2. The van der Waals surface area contributed by atoms with E-state index in [4.69, 9.17) is 4.42 Å². The Labute approximate surface area is 180 Å². The zero-order chi connectivity index (χ0) is 22.0. The Kier molecular flexibility index (Phi) is 5.62. The molecule has 0 aliphatic carbocycles. The number of hydrogen-bond donors (Lipinski definition) is 2. The van der Waals surface area contributed by atoms with E-state index in [2.05, 4.69) is 30.2 Å². The average Bonchev–Trinajstić information content (AvgIpc) is 3.45. The smallest absolute Gasteiger partial charge is 0.271 e. The van der Waals surface area contributed by atoms with Gasteiger partial charge in [0.2, 0.25) is 0 Å². The van der Waals surface area contributed by atoms with Crippen LogP contribution in [0.4, 0.5) is 0 Å². The summed E-state index contributed by atoms with van der Waals surface area (Å²) in [6, 6.07) is 16.9. The van der Waals surface area contributed by atoms with Crippen molar-refractivity contribution in [1.82, 2.24) is 15.2 Å². The zero-order valence-electron chi connectivity index (χ0n) is 17.9. The maximum absolute atomic E-state index is 13.5. The van der Waals surface area contributed by atoms with Gasteiger partial charge < -0.3 is 19.6 Å². The fourth-order valence-corrected chi connectivity index (χ4v) is 3.66. The molecule has 2 aromatic heterocycles. The van der Waals surface area contributed by atoms with Gasteiger partial charge in [-0.1, -0.05) is 18.2 Å². The minimum Gasteiger partial charge on any atom is -0.467 e. The molecule has 0 saturated carbocycles. The van der Waals surface area contributed by atoms with E-state index in [0.29, 0.717) is 30.1 Å². The molecule has 4 rings (SSSR count). The third-order valence-corrected chi connectivity index (χ3v) is 5.60. The van der Waals surface area contributed by atoms with Crippen molar-refractivity contribution in [3.05, 3.63) is 94.6 Å². The fourth-order valence-electron chi connectivity index (χ4n) is 3.66.